The number of piperidine rings is 1. The summed E-state index contributed by atoms with van der Waals surface area (Å²) in [6.45, 7) is 5.08. The minimum atomic E-state index is -4.62. The molecule has 1 aliphatic rings. The summed E-state index contributed by atoms with van der Waals surface area (Å²) in [6.07, 6.45) is -1.41. The van der Waals surface area contributed by atoms with E-state index in [4.69, 9.17) is 0 Å². The summed E-state index contributed by atoms with van der Waals surface area (Å²) in [5.74, 6) is 0.898. The van der Waals surface area contributed by atoms with Crippen LogP contribution in [0.5, 0.6) is 0 Å². The van der Waals surface area contributed by atoms with Crippen LogP contribution in [-0.2, 0) is 6.18 Å². The van der Waals surface area contributed by atoms with Gasteiger partial charge in [-0.3, -0.25) is 9.78 Å². The van der Waals surface area contributed by atoms with Crippen molar-refractivity contribution in [3.8, 4) is 0 Å². The van der Waals surface area contributed by atoms with Crippen LogP contribution >= 0.6 is 0 Å². The molecule has 0 saturated carbocycles. The van der Waals surface area contributed by atoms with Crippen LogP contribution in [-0.4, -0.2) is 51.9 Å². The molecule has 0 radical (unpaired) electrons. The van der Waals surface area contributed by atoms with Crippen LogP contribution in [0.15, 0.2) is 24.5 Å². The molecule has 2 aromatic heterocycles. The zero-order chi connectivity index (χ0) is 20.5. The van der Waals surface area contributed by atoms with Crippen LogP contribution in [0.2, 0.25) is 0 Å². The van der Waals surface area contributed by atoms with E-state index in [2.05, 4.69) is 19.9 Å². The smallest absolute Gasteiger partial charge is 0.356 e. The Labute approximate surface area is 161 Å². The van der Waals surface area contributed by atoms with E-state index in [0.29, 0.717) is 38.0 Å². The van der Waals surface area contributed by atoms with E-state index in [1.54, 1.807) is 7.05 Å². The second kappa shape index (κ2) is 7.73. The molecule has 9 heteroatoms. The lowest BCUT2D eigenvalue weighted by Gasteiger charge is -2.37. The maximum atomic E-state index is 13.2. The second-order valence-electron chi connectivity index (χ2n) is 6.97. The number of aryl methyl sites for hydroxylation is 2. The van der Waals surface area contributed by atoms with E-state index in [0.717, 1.165) is 17.6 Å². The molecule has 0 atom stereocenters. The Morgan fingerprint density at radius 1 is 1.21 bits per heavy atom. The highest BCUT2D eigenvalue weighted by Crippen LogP contribution is 2.32. The standard InChI is InChI=1S/C19H22F3N5O/c1-12-10-17(25-13(2)24-12)27-8-5-14(6-9-27)26(3)18(28)15-4-7-23-11-16(15)19(20,21)22/h4,7,10-11,14H,5-6,8-9H2,1-3H3. The Kier molecular flexibility index (Phi) is 5.53. The summed E-state index contributed by atoms with van der Waals surface area (Å²) in [7, 11) is 1.56. The first-order valence-electron chi connectivity index (χ1n) is 9.02. The molecule has 3 rings (SSSR count). The Bertz CT molecular complexity index is 843. The fourth-order valence-electron chi connectivity index (χ4n) is 3.50. The molecule has 28 heavy (non-hydrogen) atoms. The van der Waals surface area contributed by atoms with Crippen LogP contribution in [0.1, 0.15) is 40.3 Å². The van der Waals surface area contributed by atoms with Crippen molar-refractivity contribution in [2.45, 2.75) is 38.9 Å². The largest absolute Gasteiger partial charge is 0.418 e. The molecule has 1 aliphatic heterocycles. The monoisotopic (exact) mass is 393 g/mol. The first-order chi connectivity index (χ1) is 13.2. The van der Waals surface area contributed by atoms with Crippen molar-refractivity contribution in [1.82, 2.24) is 19.9 Å². The molecular formula is C19H22F3N5O. The molecule has 0 N–H and O–H groups in total. The number of carbonyl (C=O) groups excluding carboxylic acids is 1. The Hall–Kier alpha value is -2.71. The first-order valence-corrected chi connectivity index (χ1v) is 9.02. The normalized spacial score (nSPS) is 15.6. The van der Waals surface area contributed by atoms with Gasteiger partial charge in [-0.25, -0.2) is 9.97 Å². The van der Waals surface area contributed by atoms with Gasteiger partial charge in [0, 0.05) is 50.3 Å². The number of carbonyl (C=O) groups is 1. The van der Waals surface area contributed by atoms with Gasteiger partial charge in [0.1, 0.15) is 11.6 Å². The van der Waals surface area contributed by atoms with E-state index >= 15 is 0 Å². The number of hydrogen-bond acceptors (Lipinski definition) is 5. The van der Waals surface area contributed by atoms with Crippen molar-refractivity contribution in [3.63, 3.8) is 0 Å². The van der Waals surface area contributed by atoms with Crippen LogP contribution in [0.4, 0.5) is 19.0 Å². The third kappa shape index (κ3) is 4.23. The van der Waals surface area contributed by atoms with E-state index in [1.807, 2.05) is 19.9 Å². The van der Waals surface area contributed by atoms with Gasteiger partial charge in [0.25, 0.3) is 5.91 Å². The SMILES string of the molecule is Cc1cc(N2CCC(N(C)C(=O)c3ccncc3C(F)(F)F)CC2)nc(C)n1. The molecule has 0 bridgehead atoms. The molecule has 0 aromatic carbocycles. The van der Waals surface area contributed by atoms with Crippen molar-refractivity contribution >= 4 is 11.7 Å². The fourth-order valence-corrected chi connectivity index (χ4v) is 3.50. The number of rotatable bonds is 3. The summed E-state index contributed by atoms with van der Waals surface area (Å²) >= 11 is 0. The molecule has 150 valence electrons. The van der Waals surface area contributed by atoms with Gasteiger partial charge in [-0.2, -0.15) is 13.2 Å². The molecule has 0 unspecified atom stereocenters. The predicted octanol–water partition coefficient (Wildman–Crippen LogP) is 3.25. The fraction of sp³-hybridized carbons (Fsp3) is 0.474. The summed E-state index contributed by atoms with van der Waals surface area (Å²) in [4.78, 5) is 28.5. The predicted molar refractivity (Wildman–Crippen MR) is 98.1 cm³/mol. The van der Waals surface area contributed by atoms with E-state index in [1.165, 1.54) is 11.1 Å². The van der Waals surface area contributed by atoms with Gasteiger partial charge in [0.2, 0.25) is 0 Å². The van der Waals surface area contributed by atoms with Crippen molar-refractivity contribution < 1.29 is 18.0 Å². The molecule has 1 fully saturated rings. The molecule has 0 spiro atoms. The lowest BCUT2D eigenvalue weighted by Crippen LogP contribution is -2.46. The molecule has 3 heterocycles. The summed E-state index contributed by atoms with van der Waals surface area (Å²) in [5, 5.41) is 0. The molecular weight excluding hydrogens is 371 g/mol. The molecule has 6 nitrogen and oxygen atoms in total. The van der Waals surface area contributed by atoms with Crippen molar-refractivity contribution in [2.24, 2.45) is 0 Å². The first kappa shape index (κ1) is 20.0. The molecule has 1 amide bonds. The molecule has 1 saturated heterocycles. The number of hydrogen-bond donors (Lipinski definition) is 0. The van der Waals surface area contributed by atoms with Gasteiger partial charge < -0.3 is 9.80 Å². The van der Waals surface area contributed by atoms with Crippen LogP contribution in [0, 0.1) is 13.8 Å². The van der Waals surface area contributed by atoms with Gasteiger partial charge in [-0.15, -0.1) is 0 Å². The number of aromatic nitrogens is 3. The van der Waals surface area contributed by atoms with E-state index in [-0.39, 0.29) is 11.6 Å². The number of nitrogens with zero attached hydrogens (tertiary/aromatic N) is 5. The van der Waals surface area contributed by atoms with Crippen molar-refractivity contribution in [1.29, 1.82) is 0 Å². The van der Waals surface area contributed by atoms with E-state index in [9.17, 15) is 18.0 Å². The highest BCUT2D eigenvalue weighted by molar-refractivity contribution is 5.95. The Morgan fingerprint density at radius 3 is 2.50 bits per heavy atom. The second-order valence-corrected chi connectivity index (χ2v) is 6.97. The van der Waals surface area contributed by atoms with Crippen LogP contribution in [0.25, 0.3) is 0 Å². The van der Waals surface area contributed by atoms with Gasteiger partial charge >= 0.3 is 6.18 Å². The summed E-state index contributed by atoms with van der Waals surface area (Å²) in [5.41, 5.74) is -0.486. The number of pyridine rings is 1. The topological polar surface area (TPSA) is 62.2 Å². The molecule has 2 aromatic rings. The average Bonchev–Trinajstić information content (AvgIpc) is 2.65. The number of alkyl halides is 3. The van der Waals surface area contributed by atoms with Crippen molar-refractivity contribution in [3.05, 3.63) is 47.2 Å². The number of amides is 1. The van der Waals surface area contributed by atoms with Gasteiger partial charge in [0.15, 0.2) is 0 Å². The maximum absolute atomic E-state index is 13.2. The summed E-state index contributed by atoms with van der Waals surface area (Å²) in [6, 6.07) is 2.90. The highest BCUT2D eigenvalue weighted by Gasteiger charge is 2.37. The summed E-state index contributed by atoms with van der Waals surface area (Å²) < 4.78 is 39.6. The lowest BCUT2D eigenvalue weighted by atomic mass is 10.0. The van der Waals surface area contributed by atoms with Gasteiger partial charge in [-0.1, -0.05) is 0 Å². The van der Waals surface area contributed by atoms with E-state index < -0.39 is 17.6 Å². The van der Waals surface area contributed by atoms with Gasteiger partial charge in [-0.05, 0) is 32.8 Å². The van der Waals surface area contributed by atoms with Crippen LogP contribution < -0.4 is 4.90 Å². The van der Waals surface area contributed by atoms with Crippen molar-refractivity contribution in [2.75, 3.05) is 25.0 Å². The Morgan fingerprint density at radius 2 is 1.89 bits per heavy atom. The third-order valence-electron chi connectivity index (χ3n) is 4.97. The highest BCUT2D eigenvalue weighted by atomic mass is 19.4. The maximum Gasteiger partial charge on any atom is 0.418 e. The Balaban J connectivity index is 1.70. The minimum Gasteiger partial charge on any atom is -0.356 e. The average molecular weight is 393 g/mol. The number of anilines is 1. The van der Waals surface area contributed by atoms with Crippen LogP contribution in [0.3, 0.4) is 0 Å². The zero-order valence-corrected chi connectivity index (χ0v) is 16.0. The quantitative estimate of drug-likeness (QED) is 0.801. The van der Waals surface area contributed by atoms with Gasteiger partial charge in [0.05, 0.1) is 11.1 Å². The zero-order valence-electron chi connectivity index (χ0n) is 16.0. The lowest BCUT2D eigenvalue weighted by molar-refractivity contribution is -0.138. The third-order valence-corrected chi connectivity index (χ3v) is 4.97. The minimum absolute atomic E-state index is 0.137. The molecule has 0 aliphatic carbocycles. The number of halogens is 3.